The summed E-state index contributed by atoms with van der Waals surface area (Å²) in [7, 11) is -2.25. The summed E-state index contributed by atoms with van der Waals surface area (Å²) in [6, 6.07) is 5.56. The van der Waals surface area contributed by atoms with Gasteiger partial charge in [-0.25, -0.2) is 13.2 Å². The van der Waals surface area contributed by atoms with Gasteiger partial charge in [-0.1, -0.05) is 31.4 Å². The van der Waals surface area contributed by atoms with E-state index in [2.05, 4.69) is 10.6 Å². The first-order valence-corrected chi connectivity index (χ1v) is 13.4. The Morgan fingerprint density at radius 3 is 2.66 bits per heavy atom. The molecule has 0 radical (unpaired) electrons. The van der Waals surface area contributed by atoms with Gasteiger partial charge in [-0.3, -0.25) is 14.5 Å². The Hall–Kier alpha value is -2.11. The number of carbonyl (C=O) groups is 3. The third-order valence-corrected chi connectivity index (χ3v) is 9.63. The van der Waals surface area contributed by atoms with Crippen LogP contribution in [0, 0.1) is 0 Å². The maximum Gasteiger partial charge on any atom is 0.325 e. The molecule has 1 aromatic rings. The molecule has 9 nitrogen and oxygen atoms in total. The SMILES string of the molecule is CN(C1CCCCC1)S(=O)(=O)c1ccccc1NC(=O)CN1C(=O)NC2(CCSC2)C1=O. The molecule has 3 fully saturated rings. The molecule has 3 aliphatic rings. The Bertz CT molecular complexity index is 1020. The van der Waals surface area contributed by atoms with E-state index in [1.807, 2.05) is 0 Å². The molecule has 2 saturated heterocycles. The Labute approximate surface area is 192 Å². The molecule has 1 saturated carbocycles. The summed E-state index contributed by atoms with van der Waals surface area (Å²) in [6.07, 6.45) is 5.27. The number of urea groups is 1. The van der Waals surface area contributed by atoms with E-state index in [9.17, 15) is 22.8 Å². The number of thioether (sulfide) groups is 1. The standard InChI is InChI=1S/C21H28N4O5S2/c1-24(15-7-3-2-4-8-15)32(29,30)17-10-6-5-9-16(17)22-18(26)13-25-19(27)21(23-20(25)28)11-12-31-14-21/h5-6,9-10,15H,2-4,7-8,11-14H2,1H3,(H,22,26)(H,23,28). The molecular formula is C21H28N4O5S2. The molecule has 1 atom stereocenters. The van der Waals surface area contributed by atoms with Crippen molar-refractivity contribution in [2.24, 2.45) is 0 Å². The number of amides is 4. The van der Waals surface area contributed by atoms with Gasteiger partial charge >= 0.3 is 6.03 Å². The van der Waals surface area contributed by atoms with Crippen molar-refractivity contribution in [3.05, 3.63) is 24.3 Å². The molecule has 1 aromatic carbocycles. The lowest BCUT2D eigenvalue weighted by Crippen LogP contribution is -2.47. The van der Waals surface area contributed by atoms with Crippen molar-refractivity contribution in [3.63, 3.8) is 0 Å². The summed E-state index contributed by atoms with van der Waals surface area (Å²) >= 11 is 1.58. The van der Waals surface area contributed by atoms with Crippen LogP contribution in [0.2, 0.25) is 0 Å². The van der Waals surface area contributed by atoms with Gasteiger partial charge in [0.2, 0.25) is 15.9 Å². The number of imide groups is 1. The molecule has 174 valence electrons. The minimum Gasteiger partial charge on any atom is -0.323 e. The van der Waals surface area contributed by atoms with Gasteiger partial charge < -0.3 is 10.6 Å². The summed E-state index contributed by atoms with van der Waals surface area (Å²) < 4.78 is 28.0. The molecule has 2 N–H and O–H groups in total. The lowest BCUT2D eigenvalue weighted by molar-refractivity contribution is -0.133. The van der Waals surface area contributed by atoms with Gasteiger partial charge in [0.15, 0.2) is 0 Å². The zero-order chi connectivity index (χ0) is 22.9. The van der Waals surface area contributed by atoms with E-state index in [-0.39, 0.29) is 16.6 Å². The minimum absolute atomic E-state index is 0.00212. The largest absolute Gasteiger partial charge is 0.325 e. The van der Waals surface area contributed by atoms with E-state index < -0.39 is 40.0 Å². The van der Waals surface area contributed by atoms with Gasteiger partial charge in [0.25, 0.3) is 5.91 Å². The van der Waals surface area contributed by atoms with Crippen LogP contribution in [0.1, 0.15) is 38.5 Å². The number of rotatable bonds is 6. The van der Waals surface area contributed by atoms with E-state index in [1.165, 1.54) is 16.4 Å². The second kappa shape index (κ2) is 9.03. The van der Waals surface area contributed by atoms with Crippen molar-refractivity contribution >= 4 is 45.3 Å². The number of sulfonamides is 1. The molecule has 11 heteroatoms. The summed E-state index contributed by atoms with van der Waals surface area (Å²) in [6.45, 7) is -0.468. The second-order valence-electron chi connectivity index (χ2n) is 8.56. The number of hydrogen-bond donors (Lipinski definition) is 2. The molecule has 32 heavy (non-hydrogen) atoms. The summed E-state index contributed by atoms with van der Waals surface area (Å²) in [5, 5.41) is 5.32. The van der Waals surface area contributed by atoms with Crippen molar-refractivity contribution < 1.29 is 22.8 Å². The topological polar surface area (TPSA) is 116 Å². The average Bonchev–Trinajstić information content (AvgIpc) is 3.34. The number of carbonyl (C=O) groups excluding carboxylic acids is 3. The first-order valence-electron chi connectivity index (χ1n) is 10.8. The number of anilines is 1. The van der Waals surface area contributed by atoms with Crippen molar-refractivity contribution in [2.45, 2.75) is 55.0 Å². The van der Waals surface area contributed by atoms with Crippen LogP contribution in [0.5, 0.6) is 0 Å². The maximum atomic E-state index is 13.3. The van der Waals surface area contributed by atoms with E-state index >= 15 is 0 Å². The molecule has 1 spiro atoms. The molecule has 4 rings (SSSR count). The van der Waals surface area contributed by atoms with Gasteiger partial charge in [-0.2, -0.15) is 16.1 Å². The van der Waals surface area contributed by atoms with Crippen LogP contribution in [0.4, 0.5) is 10.5 Å². The first-order chi connectivity index (χ1) is 15.2. The van der Waals surface area contributed by atoms with Crippen LogP contribution in [-0.2, 0) is 19.6 Å². The summed E-state index contributed by atoms with van der Waals surface area (Å²) in [4.78, 5) is 38.7. The number of nitrogens with one attached hydrogen (secondary N) is 2. The quantitative estimate of drug-likeness (QED) is 0.602. The predicted molar refractivity (Wildman–Crippen MR) is 122 cm³/mol. The monoisotopic (exact) mass is 480 g/mol. The van der Waals surface area contributed by atoms with E-state index in [0.717, 1.165) is 42.8 Å². The van der Waals surface area contributed by atoms with Gasteiger partial charge in [0.1, 0.15) is 17.0 Å². The fourth-order valence-electron chi connectivity index (χ4n) is 4.58. The van der Waals surface area contributed by atoms with Gasteiger partial charge in [0, 0.05) is 18.8 Å². The van der Waals surface area contributed by atoms with E-state index in [0.29, 0.717) is 12.2 Å². The maximum absolute atomic E-state index is 13.3. The highest BCUT2D eigenvalue weighted by molar-refractivity contribution is 7.99. The molecule has 4 amide bonds. The van der Waals surface area contributed by atoms with Crippen molar-refractivity contribution in [2.75, 3.05) is 30.4 Å². The smallest absolute Gasteiger partial charge is 0.323 e. The number of hydrogen-bond acceptors (Lipinski definition) is 6. The fraction of sp³-hybridized carbons (Fsp3) is 0.571. The molecule has 2 heterocycles. The van der Waals surface area contributed by atoms with Crippen LogP contribution in [0.3, 0.4) is 0 Å². The molecule has 2 aliphatic heterocycles. The highest BCUT2D eigenvalue weighted by Crippen LogP contribution is 2.33. The second-order valence-corrected chi connectivity index (χ2v) is 11.6. The van der Waals surface area contributed by atoms with Crippen LogP contribution >= 0.6 is 11.8 Å². The molecule has 0 bridgehead atoms. The van der Waals surface area contributed by atoms with Crippen LogP contribution in [-0.4, -0.2) is 72.1 Å². The summed E-state index contributed by atoms with van der Waals surface area (Å²) in [5.41, 5.74) is -0.787. The van der Waals surface area contributed by atoms with Crippen LogP contribution < -0.4 is 10.6 Å². The third kappa shape index (κ3) is 4.25. The predicted octanol–water partition coefficient (Wildman–Crippen LogP) is 2.01. The van der Waals surface area contributed by atoms with Crippen molar-refractivity contribution in [1.82, 2.24) is 14.5 Å². The first kappa shape index (κ1) is 23.1. The number of para-hydroxylation sites is 1. The number of benzene rings is 1. The number of nitrogens with zero attached hydrogens (tertiary/aromatic N) is 2. The Morgan fingerprint density at radius 1 is 1.25 bits per heavy atom. The Kier molecular flexibility index (Phi) is 6.51. The van der Waals surface area contributed by atoms with Gasteiger partial charge in [-0.05, 0) is 37.1 Å². The molecule has 1 unspecified atom stereocenters. The van der Waals surface area contributed by atoms with Gasteiger partial charge in [-0.15, -0.1) is 0 Å². The zero-order valence-electron chi connectivity index (χ0n) is 18.0. The molecule has 1 aliphatic carbocycles. The zero-order valence-corrected chi connectivity index (χ0v) is 19.6. The fourth-order valence-corrected chi connectivity index (χ4v) is 7.46. The highest BCUT2D eigenvalue weighted by Gasteiger charge is 2.53. The van der Waals surface area contributed by atoms with Crippen molar-refractivity contribution in [3.8, 4) is 0 Å². The Balaban J connectivity index is 1.49. The van der Waals surface area contributed by atoms with Crippen LogP contribution in [0.25, 0.3) is 0 Å². The van der Waals surface area contributed by atoms with E-state index in [1.54, 1.807) is 30.9 Å². The highest BCUT2D eigenvalue weighted by atomic mass is 32.2. The lowest BCUT2D eigenvalue weighted by atomic mass is 9.96. The third-order valence-electron chi connectivity index (χ3n) is 6.48. The van der Waals surface area contributed by atoms with E-state index in [4.69, 9.17) is 0 Å². The lowest BCUT2D eigenvalue weighted by Gasteiger charge is -2.31. The molecular weight excluding hydrogens is 452 g/mol. The van der Waals surface area contributed by atoms with Crippen LogP contribution in [0.15, 0.2) is 29.2 Å². The molecule has 0 aromatic heterocycles. The Morgan fingerprint density at radius 2 is 1.97 bits per heavy atom. The van der Waals surface area contributed by atoms with Gasteiger partial charge in [0.05, 0.1) is 5.69 Å². The normalized spacial score (nSPS) is 24.4. The minimum atomic E-state index is -3.83. The average molecular weight is 481 g/mol. The van der Waals surface area contributed by atoms with Crippen molar-refractivity contribution in [1.29, 1.82) is 0 Å². The summed E-state index contributed by atoms with van der Waals surface area (Å²) in [5.74, 6) is 0.232.